The van der Waals surface area contributed by atoms with Crippen molar-refractivity contribution in [3.05, 3.63) is 0 Å². The van der Waals surface area contributed by atoms with Gasteiger partial charge in [0.05, 0.1) is 89.5 Å². The molecular formula is C38H88O9. The molecule has 0 heterocycles. The average molecular weight is 689 g/mol. The van der Waals surface area contributed by atoms with Crippen molar-refractivity contribution in [1.82, 2.24) is 0 Å². The van der Waals surface area contributed by atoms with Crippen molar-refractivity contribution >= 4 is 0 Å². The summed E-state index contributed by atoms with van der Waals surface area (Å²) in [6, 6.07) is 0. The molecule has 0 aromatic rings. The van der Waals surface area contributed by atoms with Crippen LogP contribution in [0.25, 0.3) is 0 Å². The van der Waals surface area contributed by atoms with E-state index in [0.717, 1.165) is 37.9 Å². The largest absolute Gasteiger partial charge is 0.382 e. The van der Waals surface area contributed by atoms with Crippen molar-refractivity contribution in [1.29, 1.82) is 0 Å². The maximum atomic E-state index is 5.82. The summed E-state index contributed by atoms with van der Waals surface area (Å²) in [5.41, 5.74) is 0. The molecular weight excluding hydrogens is 600 g/mol. The Bertz CT molecular complexity index is 551. The molecule has 0 rings (SSSR count). The van der Waals surface area contributed by atoms with E-state index < -0.39 is 0 Å². The van der Waals surface area contributed by atoms with Crippen molar-refractivity contribution in [2.75, 3.05) is 80.3 Å². The molecule has 0 saturated carbocycles. The van der Waals surface area contributed by atoms with E-state index in [4.69, 9.17) is 42.6 Å². The van der Waals surface area contributed by atoms with Gasteiger partial charge in [0.2, 0.25) is 0 Å². The van der Waals surface area contributed by atoms with Crippen molar-refractivity contribution in [2.24, 2.45) is 11.8 Å². The van der Waals surface area contributed by atoms with Crippen LogP contribution in [0.1, 0.15) is 125 Å². The van der Waals surface area contributed by atoms with Gasteiger partial charge in [0.25, 0.3) is 0 Å². The highest BCUT2D eigenvalue weighted by atomic mass is 16.6. The van der Waals surface area contributed by atoms with Crippen molar-refractivity contribution < 1.29 is 42.6 Å². The monoisotopic (exact) mass is 689 g/mol. The van der Waals surface area contributed by atoms with Gasteiger partial charge in [0, 0.05) is 27.4 Å². The molecule has 0 spiro atoms. The maximum absolute atomic E-state index is 5.82. The Balaban J connectivity index is -0.000000191. The Morgan fingerprint density at radius 3 is 1.00 bits per heavy atom. The molecule has 0 saturated heterocycles. The van der Waals surface area contributed by atoms with Crippen LogP contribution in [0.15, 0.2) is 0 Å². The lowest BCUT2D eigenvalue weighted by molar-refractivity contribution is -0.0984. The SMILES string of the molecule is C.C.C.C.COCC(C)OCC(C)OCC(C)OCC(C)OCC(C)OCCCC(C)C.COCC(C)OCCOCCCC(C)C. The Morgan fingerprint density at radius 1 is 0.340 bits per heavy atom. The van der Waals surface area contributed by atoms with E-state index in [9.17, 15) is 0 Å². The van der Waals surface area contributed by atoms with E-state index in [0.29, 0.717) is 52.9 Å². The van der Waals surface area contributed by atoms with Gasteiger partial charge in [-0.1, -0.05) is 57.4 Å². The summed E-state index contributed by atoms with van der Waals surface area (Å²) in [5.74, 6) is 1.50. The van der Waals surface area contributed by atoms with Gasteiger partial charge in [-0.2, -0.15) is 0 Å². The number of rotatable bonds is 29. The first kappa shape index (κ1) is 58.8. The topological polar surface area (TPSA) is 83.1 Å². The molecule has 9 heteroatoms. The average Bonchev–Trinajstić information content (AvgIpc) is 2.94. The van der Waals surface area contributed by atoms with Crippen LogP contribution in [0.2, 0.25) is 0 Å². The molecule has 294 valence electrons. The summed E-state index contributed by atoms with van der Waals surface area (Å²) in [5, 5.41) is 0. The minimum atomic E-state index is 0. The van der Waals surface area contributed by atoms with Gasteiger partial charge in [0.15, 0.2) is 0 Å². The maximum Gasteiger partial charge on any atom is 0.0781 e. The summed E-state index contributed by atoms with van der Waals surface area (Å²) in [7, 11) is 3.35. The second kappa shape index (κ2) is 41.8. The third-order valence-corrected chi connectivity index (χ3v) is 6.29. The fourth-order valence-electron chi connectivity index (χ4n) is 3.74. The normalized spacial score (nSPS) is 14.7. The van der Waals surface area contributed by atoms with Crippen molar-refractivity contribution in [3.8, 4) is 0 Å². The van der Waals surface area contributed by atoms with Crippen molar-refractivity contribution in [3.63, 3.8) is 0 Å². The first-order chi connectivity index (χ1) is 20.4. The molecule has 0 bridgehead atoms. The second-order valence-corrected chi connectivity index (χ2v) is 12.5. The van der Waals surface area contributed by atoms with Gasteiger partial charge in [0.1, 0.15) is 0 Å². The molecule has 0 aliphatic carbocycles. The molecule has 0 aliphatic heterocycles. The van der Waals surface area contributed by atoms with Crippen LogP contribution >= 0.6 is 0 Å². The van der Waals surface area contributed by atoms with Crippen LogP contribution in [0.5, 0.6) is 0 Å². The van der Waals surface area contributed by atoms with E-state index in [-0.39, 0.29) is 66.3 Å². The Hall–Kier alpha value is -0.360. The molecule has 0 aromatic carbocycles. The molecule has 0 aliphatic rings. The van der Waals surface area contributed by atoms with E-state index in [1.165, 1.54) is 12.8 Å². The Labute approximate surface area is 295 Å². The van der Waals surface area contributed by atoms with Gasteiger partial charge >= 0.3 is 0 Å². The first-order valence-electron chi connectivity index (χ1n) is 16.7. The lowest BCUT2D eigenvalue weighted by atomic mass is 10.1. The summed E-state index contributed by atoms with van der Waals surface area (Å²) < 4.78 is 49.8. The summed E-state index contributed by atoms with van der Waals surface area (Å²) in [6.45, 7) is 27.4. The predicted molar refractivity (Wildman–Crippen MR) is 202 cm³/mol. The molecule has 0 amide bonds. The highest BCUT2D eigenvalue weighted by Crippen LogP contribution is 2.06. The van der Waals surface area contributed by atoms with E-state index >= 15 is 0 Å². The Morgan fingerprint density at radius 2 is 0.638 bits per heavy atom. The summed E-state index contributed by atoms with van der Waals surface area (Å²) in [4.78, 5) is 0. The Kier molecular flexibility index (Phi) is 52.3. The second-order valence-electron chi connectivity index (χ2n) is 12.5. The fourth-order valence-corrected chi connectivity index (χ4v) is 3.74. The quantitative estimate of drug-likeness (QED) is 0.0715. The van der Waals surface area contributed by atoms with Gasteiger partial charge in [-0.05, 0) is 79.1 Å². The number of ether oxygens (including phenoxy) is 9. The van der Waals surface area contributed by atoms with E-state index in [1.54, 1.807) is 14.2 Å². The van der Waals surface area contributed by atoms with Crippen LogP contribution in [-0.4, -0.2) is 117 Å². The molecule has 0 N–H and O–H groups in total. The predicted octanol–water partition coefficient (Wildman–Crippen LogP) is 9.13. The summed E-state index contributed by atoms with van der Waals surface area (Å²) >= 11 is 0. The molecule has 6 unspecified atom stereocenters. The summed E-state index contributed by atoms with van der Waals surface area (Å²) in [6.07, 6.45) is 5.09. The number of hydrogen-bond donors (Lipinski definition) is 0. The molecule has 0 fully saturated rings. The molecule has 6 atom stereocenters. The lowest BCUT2D eigenvalue weighted by Crippen LogP contribution is -2.29. The van der Waals surface area contributed by atoms with Gasteiger partial charge in [-0.25, -0.2) is 0 Å². The number of hydrogen-bond acceptors (Lipinski definition) is 9. The number of methoxy groups -OCH3 is 2. The third-order valence-electron chi connectivity index (χ3n) is 6.29. The fraction of sp³-hybridized carbons (Fsp3) is 1.00. The van der Waals surface area contributed by atoms with E-state index in [2.05, 4.69) is 34.6 Å². The van der Waals surface area contributed by atoms with Gasteiger partial charge in [-0.15, -0.1) is 0 Å². The van der Waals surface area contributed by atoms with Crippen LogP contribution in [0, 0.1) is 11.8 Å². The molecule has 47 heavy (non-hydrogen) atoms. The molecule has 9 nitrogen and oxygen atoms in total. The lowest BCUT2D eigenvalue weighted by Gasteiger charge is -2.22. The zero-order chi connectivity index (χ0) is 32.9. The van der Waals surface area contributed by atoms with Gasteiger partial charge in [-0.3, -0.25) is 0 Å². The van der Waals surface area contributed by atoms with Crippen LogP contribution < -0.4 is 0 Å². The minimum absolute atomic E-state index is 0. The smallest absolute Gasteiger partial charge is 0.0781 e. The first-order valence-corrected chi connectivity index (χ1v) is 16.7. The van der Waals surface area contributed by atoms with Gasteiger partial charge < -0.3 is 42.6 Å². The standard InChI is InChI=1S/C22H46O6.C12H26O3.4CH4/c1-17(2)10-9-11-24-19(4)13-26-21(6)15-28-22(7)16-27-20(5)14-25-18(3)12-23-8;1-11(2)6-5-7-14-8-9-15-12(3)10-13-4;;;;/h17-22H,9-16H2,1-8H3;11-12H,5-10H2,1-4H3;4*1H4. The zero-order valence-electron chi connectivity index (χ0n) is 30.2. The zero-order valence-corrected chi connectivity index (χ0v) is 30.2. The van der Waals surface area contributed by atoms with Crippen LogP contribution in [0.4, 0.5) is 0 Å². The highest BCUT2D eigenvalue weighted by molar-refractivity contribution is 4.58. The van der Waals surface area contributed by atoms with Crippen LogP contribution in [-0.2, 0) is 42.6 Å². The highest BCUT2D eigenvalue weighted by Gasteiger charge is 2.12. The molecule has 0 radical (unpaired) electrons. The third kappa shape index (κ3) is 47.8. The van der Waals surface area contributed by atoms with Crippen molar-refractivity contribution in [2.45, 2.75) is 161 Å². The molecule has 0 aromatic heterocycles. The minimum Gasteiger partial charge on any atom is -0.382 e. The van der Waals surface area contributed by atoms with Crippen LogP contribution in [0.3, 0.4) is 0 Å². The van der Waals surface area contributed by atoms with E-state index in [1.807, 2.05) is 34.6 Å².